The van der Waals surface area contributed by atoms with Crippen LogP contribution in [0.3, 0.4) is 0 Å². The van der Waals surface area contributed by atoms with Gasteiger partial charge in [0.15, 0.2) is 0 Å². The number of nitrogens with one attached hydrogen (secondary N) is 1. The highest BCUT2D eigenvalue weighted by molar-refractivity contribution is 5.85. The number of rotatable bonds is 5. The lowest BCUT2D eigenvalue weighted by molar-refractivity contribution is -0.134. The summed E-state index contributed by atoms with van der Waals surface area (Å²) in [6, 6.07) is 10.8. The largest absolute Gasteiger partial charge is 0.378 e. The molecule has 1 atom stereocenters. The Kier molecular flexibility index (Phi) is 10.4. The molecular formula is C18H29Cl2N3O2. The molecule has 1 aromatic carbocycles. The van der Waals surface area contributed by atoms with E-state index in [4.69, 9.17) is 4.74 Å². The van der Waals surface area contributed by atoms with E-state index in [2.05, 4.69) is 40.5 Å². The highest BCUT2D eigenvalue weighted by atomic mass is 35.5. The molecule has 0 saturated carbocycles. The second kappa shape index (κ2) is 11.7. The van der Waals surface area contributed by atoms with E-state index in [-0.39, 0.29) is 36.8 Å². The molecule has 0 bridgehead atoms. The molecule has 7 heteroatoms. The summed E-state index contributed by atoms with van der Waals surface area (Å²) in [7, 11) is 0. The van der Waals surface area contributed by atoms with Crippen LogP contribution in [0.15, 0.2) is 30.3 Å². The molecule has 1 amide bonds. The molecular weight excluding hydrogens is 361 g/mol. The number of hydrogen-bond acceptors (Lipinski definition) is 4. The minimum atomic E-state index is 0. The van der Waals surface area contributed by atoms with Crippen molar-refractivity contribution in [3.63, 3.8) is 0 Å². The van der Waals surface area contributed by atoms with Crippen LogP contribution >= 0.6 is 24.8 Å². The number of carbonyl (C=O) groups is 1. The lowest BCUT2D eigenvalue weighted by Gasteiger charge is -2.35. The molecule has 0 spiro atoms. The topological polar surface area (TPSA) is 44.8 Å². The van der Waals surface area contributed by atoms with Gasteiger partial charge < -0.3 is 15.0 Å². The number of nitrogens with zero attached hydrogens (tertiary/aromatic N) is 2. The summed E-state index contributed by atoms with van der Waals surface area (Å²) in [5.74, 6) is 0.260. The number of amides is 1. The van der Waals surface area contributed by atoms with Crippen molar-refractivity contribution in [1.29, 1.82) is 0 Å². The maximum Gasteiger partial charge on any atom is 0.224 e. The van der Waals surface area contributed by atoms with Crippen LogP contribution in [0.1, 0.15) is 12.0 Å². The minimum Gasteiger partial charge on any atom is -0.378 e. The van der Waals surface area contributed by atoms with Crippen molar-refractivity contribution in [2.45, 2.75) is 18.9 Å². The molecule has 1 N–H and O–H groups in total. The molecule has 142 valence electrons. The predicted octanol–water partition coefficient (Wildman–Crippen LogP) is 1.60. The van der Waals surface area contributed by atoms with E-state index in [1.54, 1.807) is 0 Å². The van der Waals surface area contributed by atoms with Gasteiger partial charge in [-0.15, -0.1) is 24.8 Å². The van der Waals surface area contributed by atoms with Crippen LogP contribution in [0, 0.1) is 0 Å². The van der Waals surface area contributed by atoms with Gasteiger partial charge in [0, 0.05) is 51.7 Å². The summed E-state index contributed by atoms with van der Waals surface area (Å²) in [6.45, 7) is 6.99. The molecule has 1 aromatic rings. The number of morpholine rings is 1. The second-order valence-electron chi connectivity index (χ2n) is 6.39. The average Bonchev–Trinajstić information content (AvgIpc) is 2.62. The van der Waals surface area contributed by atoms with Gasteiger partial charge in [0.2, 0.25) is 5.91 Å². The lowest BCUT2D eigenvalue weighted by atomic mass is 10.1. The quantitative estimate of drug-likeness (QED) is 0.830. The Bertz CT molecular complexity index is 490. The van der Waals surface area contributed by atoms with E-state index in [9.17, 15) is 4.79 Å². The number of hydrogen-bond donors (Lipinski definition) is 1. The zero-order chi connectivity index (χ0) is 15.9. The van der Waals surface area contributed by atoms with Crippen LogP contribution < -0.4 is 5.32 Å². The van der Waals surface area contributed by atoms with Gasteiger partial charge >= 0.3 is 0 Å². The average molecular weight is 390 g/mol. The Balaban J connectivity index is 0.00000156. The summed E-state index contributed by atoms with van der Waals surface area (Å²) >= 11 is 0. The van der Waals surface area contributed by atoms with E-state index in [0.717, 1.165) is 52.3 Å². The van der Waals surface area contributed by atoms with Crippen molar-refractivity contribution in [3.05, 3.63) is 35.9 Å². The Morgan fingerprint density at radius 1 is 1.12 bits per heavy atom. The van der Waals surface area contributed by atoms with Crippen molar-refractivity contribution in [1.82, 2.24) is 15.1 Å². The normalized spacial score (nSPS) is 21.1. The predicted molar refractivity (Wildman–Crippen MR) is 105 cm³/mol. The van der Waals surface area contributed by atoms with Crippen molar-refractivity contribution in [2.75, 3.05) is 52.5 Å². The number of benzene rings is 1. The highest BCUT2D eigenvalue weighted by Crippen LogP contribution is 2.08. The van der Waals surface area contributed by atoms with E-state index in [1.165, 1.54) is 5.56 Å². The number of halogens is 2. The Morgan fingerprint density at radius 3 is 2.48 bits per heavy atom. The van der Waals surface area contributed by atoms with Gasteiger partial charge in [-0.3, -0.25) is 9.69 Å². The van der Waals surface area contributed by atoms with E-state index in [1.807, 2.05) is 4.90 Å². The van der Waals surface area contributed by atoms with Crippen LogP contribution in [0.5, 0.6) is 0 Å². The fraction of sp³-hybridized carbons (Fsp3) is 0.611. The number of piperazine rings is 1. The van der Waals surface area contributed by atoms with Crippen molar-refractivity contribution in [2.24, 2.45) is 0 Å². The molecule has 2 fully saturated rings. The number of ether oxygens (including phenoxy) is 1. The molecule has 2 saturated heterocycles. The van der Waals surface area contributed by atoms with Crippen LogP contribution in [0.4, 0.5) is 0 Å². The third kappa shape index (κ3) is 7.12. The summed E-state index contributed by atoms with van der Waals surface area (Å²) in [6.07, 6.45) is 1.64. The standard InChI is InChI=1S/C18H27N3O2.2ClH/c22-18(14-17-15-23-13-7-19-17)21-11-9-20(10-12-21)8-6-16-4-2-1-3-5-16;;/h1-5,17,19H,6-15H2;2*1H. The van der Waals surface area contributed by atoms with Crippen LogP contribution in [-0.2, 0) is 16.0 Å². The first-order valence-corrected chi connectivity index (χ1v) is 8.66. The van der Waals surface area contributed by atoms with Crippen LogP contribution in [0.25, 0.3) is 0 Å². The van der Waals surface area contributed by atoms with Gasteiger partial charge in [0.05, 0.1) is 13.2 Å². The molecule has 0 radical (unpaired) electrons. The molecule has 2 heterocycles. The van der Waals surface area contributed by atoms with E-state index in [0.29, 0.717) is 13.0 Å². The Morgan fingerprint density at radius 2 is 1.84 bits per heavy atom. The SMILES string of the molecule is Cl.Cl.O=C(CC1COCCN1)N1CCN(CCc2ccccc2)CC1. The molecule has 25 heavy (non-hydrogen) atoms. The first-order valence-electron chi connectivity index (χ1n) is 8.66. The van der Waals surface area contributed by atoms with Gasteiger partial charge in [-0.05, 0) is 12.0 Å². The minimum absolute atomic E-state index is 0. The first-order chi connectivity index (χ1) is 11.3. The van der Waals surface area contributed by atoms with E-state index >= 15 is 0 Å². The monoisotopic (exact) mass is 389 g/mol. The van der Waals surface area contributed by atoms with E-state index < -0.39 is 0 Å². The van der Waals surface area contributed by atoms with Crippen molar-refractivity contribution >= 4 is 30.7 Å². The molecule has 0 aromatic heterocycles. The lowest BCUT2D eigenvalue weighted by Crippen LogP contribution is -2.51. The second-order valence-corrected chi connectivity index (χ2v) is 6.39. The van der Waals surface area contributed by atoms with Gasteiger partial charge in [-0.25, -0.2) is 0 Å². The Labute approximate surface area is 162 Å². The van der Waals surface area contributed by atoms with Crippen LogP contribution in [0.2, 0.25) is 0 Å². The van der Waals surface area contributed by atoms with Gasteiger partial charge in [-0.2, -0.15) is 0 Å². The number of carbonyl (C=O) groups excluding carboxylic acids is 1. The summed E-state index contributed by atoms with van der Waals surface area (Å²) in [4.78, 5) is 16.8. The molecule has 5 nitrogen and oxygen atoms in total. The fourth-order valence-electron chi connectivity index (χ4n) is 3.24. The third-order valence-electron chi connectivity index (χ3n) is 4.70. The van der Waals surface area contributed by atoms with Crippen molar-refractivity contribution in [3.8, 4) is 0 Å². The first kappa shape index (κ1) is 22.2. The highest BCUT2D eigenvalue weighted by Gasteiger charge is 2.24. The summed E-state index contributed by atoms with van der Waals surface area (Å²) in [5, 5.41) is 3.35. The molecule has 1 unspecified atom stereocenters. The van der Waals surface area contributed by atoms with Gasteiger partial charge in [-0.1, -0.05) is 30.3 Å². The maximum atomic E-state index is 12.4. The van der Waals surface area contributed by atoms with Gasteiger partial charge in [0.25, 0.3) is 0 Å². The smallest absolute Gasteiger partial charge is 0.224 e. The fourth-order valence-corrected chi connectivity index (χ4v) is 3.24. The van der Waals surface area contributed by atoms with Gasteiger partial charge in [0.1, 0.15) is 0 Å². The maximum absolute atomic E-state index is 12.4. The molecule has 2 aliphatic heterocycles. The zero-order valence-corrected chi connectivity index (χ0v) is 16.2. The summed E-state index contributed by atoms with van der Waals surface area (Å²) < 4.78 is 5.42. The van der Waals surface area contributed by atoms with Crippen molar-refractivity contribution < 1.29 is 9.53 Å². The zero-order valence-electron chi connectivity index (χ0n) is 14.6. The Hall–Kier alpha value is -0.850. The molecule has 0 aliphatic carbocycles. The molecule has 3 rings (SSSR count). The summed E-state index contributed by atoms with van der Waals surface area (Å²) in [5.41, 5.74) is 1.38. The third-order valence-corrected chi connectivity index (χ3v) is 4.70. The molecule has 2 aliphatic rings. The van der Waals surface area contributed by atoms with Crippen LogP contribution in [-0.4, -0.2) is 74.2 Å².